The predicted molar refractivity (Wildman–Crippen MR) is 321 cm³/mol. The molecule has 86 heavy (non-hydrogen) atoms. The van der Waals surface area contributed by atoms with Crippen molar-refractivity contribution in [3.63, 3.8) is 0 Å². The Morgan fingerprint density at radius 1 is 0.465 bits per heavy atom. The zero-order valence-corrected chi connectivity index (χ0v) is 52.2. The Kier molecular flexibility index (Phi) is 16.9. The van der Waals surface area contributed by atoms with E-state index in [0.29, 0.717) is 0 Å². The lowest BCUT2D eigenvalue weighted by Gasteiger charge is -2.36. The average molecular weight is 1240 g/mol. The van der Waals surface area contributed by atoms with Crippen molar-refractivity contribution in [2.75, 3.05) is 23.9 Å². The fourth-order valence-corrected chi connectivity index (χ4v) is 15.8. The van der Waals surface area contributed by atoms with E-state index in [-0.39, 0.29) is 21.7 Å². The normalized spacial score (nSPS) is 19.9. The molecule has 2 saturated carbocycles. The molecule has 13 rings (SSSR count). The molecule has 0 atom stereocenters. The van der Waals surface area contributed by atoms with E-state index in [1.54, 1.807) is 0 Å². The van der Waals surface area contributed by atoms with E-state index in [9.17, 15) is 0 Å². The maximum atomic E-state index is 8.49. The van der Waals surface area contributed by atoms with Crippen molar-refractivity contribution in [1.29, 1.82) is 0 Å². The number of fused-ring (bicyclic) bond motifs is 10. The lowest BCUT2D eigenvalue weighted by Crippen LogP contribution is -2.68. The van der Waals surface area contributed by atoms with Gasteiger partial charge in [0.1, 0.15) is 0 Å². The van der Waals surface area contributed by atoms with Gasteiger partial charge < -0.3 is 9.80 Å². The molecule has 446 valence electrons. The molecule has 0 N–H and O–H groups in total. The van der Waals surface area contributed by atoms with E-state index < -0.39 is 20.5 Å². The van der Waals surface area contributed by atoms with Crippen LogP contribution in [0, 0.1) is 20.5 Å². The quantitative estimate of drug-likeness (QED) is 0.133. The minimum absolute atomic E-state index is 0.00557. The van der Waals surface area contributed by atoms with E-state index in [1.165, 1.54) is 139 Å². The number of rotatable bonds is 8. The minimum atomic E-state index is -4.94. The van der Waals surface area contributed by atoms with Gasteiger partial charge in [-0.25, -0.2) is 37.3 Å². The molecule has 0 amide bonds. The second-order valence-electron chi connectivity index (χ2n) is 24.7. The SMILES string of the molecule is CN1/C(=C/C=C/C2=[N+](Cc3ccc(C[N+]4=C(/C=C/C=C5/N(C)c6ccc(Cl)cc6C56CCCCC6)C(C)(C)c5c4ccc4ccccc54)cc3)c3ccc4ccccc4c3C2(C)C)C2(CCCCC2)c2cc(Cl)ccc21.[O-][Cl+3]([O-])([O-])[O-].[O-][Cl+3]([O-])([O-])[O-]. The highest BCUT2D eigenvalue weighted by molar-refractivity contribution is 6.31. The number of anilines is 2. The van der Waals surface area contributed by atoms with Gasteiger partial charge in [-0.3, -0.25) is 0 Å². The number of hydrogen-bond donors (Lipinski definition) is 0. The third-order valence-electron chi connectivity index (χ3n) is 19.0. The summed E-state index contributed by atoms with van der Waals surface area (Å²) in [7, 11) is -5.39. The summed E-state index contributed by atoms with van der Waals surface area (Å²) in [5, 5.41) is 6.88. The van der Waals surface area contributed by atoms with Crippen molar-refractivity contribution < 1.29 is 66.9 Å². The maximum absolute atomic E-state index is 8.49. The smallest absolute Gasteiger partial charge is 0.210 e. The van der Waals surface area contributed by atoms with E-state index in [4.69, 9.17) is 60.5 Å². The summed E-state index contributed by atoms with van der Waals surface area (Å²) in [5.41, 5.74) is 18.2. The summed E-state index contributed by atoms with van der Waals surface area (Å²) < 4.78 is 73.1. The molecule has 0 aromatic heterocycles. The highest BCUT2D eigenvalue weighted by atomic mass is 35.7. The lowest BCUT2D eigenvalue weighted by atomic mass is 9.68. The van der Waals surface area contributed by atoms with Gasteiger partial charge in [-0.1, -0.05) is 147 Å². The van der Waals surface area contributed by atoms with Gasteiger partial charge in [-0.05, 0) is 147 Å². The van der Waals surface area contributed by atoms with Gasteiger partial charge in [0.2, 0.25) is 11.4 Å². The minimum Gasteiger partial charge on any atom is -0.347 e. The molecule has 4 aliphatic heterocycles. The van der Waals surface area contributed by atoms with Crippen molar-refractivity contribution >= 4 is 78.9 Å². The van der Waals surface area contributed by atoms with E-state index in [1.807, 2.05) is 12.1 Å². The molecule has 7 aromatic carbocycles. The van der Waals surface area contributed by atoms with Crippen LogP contribution in [0.2, 0.25) is 10.0 Å². The number of hydrogen-bond acceptors (Lipinski definition) is 10. The van der Waals surface area contributed by atoms with Gasteiger partial charge >= 0.3 is 0 Å². The third kappa shape index (κ3) is 11.7. The molecule has 2 aliphatic carbocycles. The van der Waals surface area contributed by atoms with Crippen LogP contribution in [0.4, 0.5) is 22.7 Å². The average Bonchev–Trinajstić information content (AvgIpc) is 1.61. The maximum Gasteiger partial charge on any atom is 0.210 e. The number of allylic oxidation sites excluding steroid dienone is 8. The van der Waals surface area contributed by atoms with Crippen LogP contribution in [-0.2, 0) is 34.7 Å². The van der Waals surface area contributed by atoms with Crippen LogP contribution in [0.25, 0.3) is 21.5 Å². The van der Waals surface area contributed by atoms with Crippen LogP contribution < -0.4 is 47.1 Å². The Morgan fingerprint density at radius 3 is 1.17 bits per heavy atom. The molecule has 6 aliphatic rings. The third-order valence-corrected chi connectivity index (χ3v) is 19.5. The van der Waals surface area contributed by atoms with Crippen LogP contribution in [0.1, 0.15) is 125 Å². The Labute approximate surface area is 518 Å². The molecule has 4 heterocycles. The number of benzene rings is 7. The van der Waals surface area contributed by atoms with Crippen molar-refractivity contribution in [1.82, 2.24) is 0 Å². The van der Waals surface area contributed by atoms with Crippen molar-refractivity contribution in [3.05, 3.63) is 225 Å². The summed E-state index contributed by atoms with van der Waals surface area (Å²) in [6.45, 7) is 11.2. The standard InChI is InChI=1S/C70H70Cl2N4.2ClHO4/c1-67(2)61(23-17-25-63-69(39-13-7-14-40-69)55-43-51(71)33-37-57(55)73(63)5)75(59-35-31-49-19-9-11-21-53(49)65(59)67)45-47-27-29-48(30-28-47)46-76-60-36-32-50-20-10-12-22-54(50)66(60)68(3,4)62(76)24-18-26-64-70(41-15-8-16-42-70)56-44-52(72)34-38-58(56)74(64)6;2*2-1(3,4)5/h9-12,17-38,43-44H,7-8,13-16,39-42,45-46H2,1-6H3;2*(H,2,3,4,5)/q+2;;/p-2. The summed E-state index contributed by atoms with van der Waals surface area (Å²) >= 11 is 13.4. The first kappa shape index (κ1) is 61.4. The topological polar surface area (TPSA) is 197 Å². The molecule has 0 saturated heterocycles. The molecule has 16 heteroatoms. The van der Waals surface area contributed by atoms with Gasteiger partial charge in [0, 0.05) is 104 Å². The zero-order chi connectivity index (χ0) is 61.1. The first-order valence-corrected chi connectivity index (χ1v) is 32.5. The molecule has 0 unspecified atom stereocenters. The molecular weight excluding hydrogens is 1170 g/mol. The Bertz CT molecular complexity index is 3700. The highest BCUT2D eigenvalue weighted by Crippen LogP contribution is 2.57. The van der Waals surface area contributed by atoms with Crippen LogP contribution in [0.15, 0.2) is 181 Å². The predicted octanol–water partition coefficient (Wildman–Crippen LogP) is 8.52. The van der Waals surface area contributed by atoms with Crippen LogP contribution in [0.5, 0.6) is 0 Å². The fraction of sp³-hybridized carbons (Fsp3) is 0.314. The Hall–Kier alpha value is -6.20. The molecule has 0 radical (unpaired) electrons. The van der Waals surface area contributed by atoms with Crippen molar-refractivity contribution in [2.45, 2.75) is 127 Å². The first-order chi connectivity index (χ1) is 40.8. The first-order valence-electron chi connectivity index (χ1n) is 29.3. The van der Waals surface area contributed by atoms with E-state index in [0.717, 1.165) is 48.8 Å². The Balaban J connectivity index is 0.000000712. The van der Waals surface area contributed by atoms with Crippen molar-refractivity contribution in [3.8, 4) is 0 Å². The van der Waals surface area contributed by atoms with E-state index >= 15 is 0 Å². The summed E-state index contributed by atoms with van der Waals surface area (Å²) in [6, 6.07) is 49.7. The van der Waals surface area contributed by atoms with Gasteiger partial charge in [-0.2, -0.15) is 9.15 Å². The summed E-state index contributed by atoms with van der Waals surface area (Å²) in [5.74, 6) is 0. The van der Waals surface area contributed by atoms with Gasteiger partial charge in [0.15, 0.2) is 24.5 Å². The summed E-state index contributed by atoms with van der Waals surface area (Å²) in [6.07, 6.45) is 26.5. The van der Waals surface area contributed by atoms with Gasteiger partial charge in [0.05, 0.1) is 10.8 Å². The van der Waals surface area contributed by atoms with Gasteiger partial charge in [0.25, 0.3) is 0 Å². The van der Waals surface area contributed by atoms with Crippen LogP contribution in [0.3, 0.4) is 0 Å². The second-order valence-corrected chi connectivity index (χ2v) is 27.1. The van der Waals surface area contributed by atoms with Crippen LogP contribution >= 0.6 is 23.2 Å². The van der Waals surface area contributed by atoms with Crippen LogP contribution in [-0.4, -0.2) is 34.7 Å². The number of likely N-dealkylation sites (N-methyl/N-ethyl adjacent to an activating group) is 2. The molecule has 0 bridgehead atoms. The number of halogens is 4. The second kappa shape index (κ2) is 23.7. The molecule has 7 aromatic rings. The molecule has 2 spiro atoms. The lowest BCUT2D eigenvalue weighted by molar-refractivity contribution is -2.00. The monoisotopic (exact) mass is 1230 g/mol. The van der Waals surface area contributed by atoms with Gasteiger partial charge in [-0.15, -0.1) is 20.5 Å². The fourth-order valence-electron chi connectivity index (χ4n) is 15.4. The zero-order valence-electron chi connectivity index (χ0n) is 49.2. The van der Waals surface area contributed by atoms with E-state index in [2.05, 4.69) is 219 Å². The van der Waals surface area contributed by atoms with Crippen molar-refractivity contribution in [2.24, 2.45) is 0 Å². The molecular formula is C70H70Cl4N4O8. The Morgan fingerprint density at radius 2 is 0.814 bits per heavy atom. The molecule has 2 fully saturated rings. The summed E-state index contributed by atoms with van der Waals surface area (Å²) in [4.78, 5) is 4.87. The largest absolute Gasteiger partial charge is 0.347 e. The highest BCUT2D eigenvalue weighted by Gasteiger charge is 2.50. The molecule has 12 nitrogen and oxygen atoms in total. The number of nitrogens with zero attached hydrogens (tertiary/aromatic N) is 4.